The minimum atomic E-state index is -0.340. The summed E-state index contributed by atoms with van der Waals surface area (Å²) < 4.78 is 12.9. The molecule has 1 aliphatic heterocycles. The molecule has 0 saturated carbocycles. The normalized spacial score (nSPS) is 25.3. The predicted octanol–water partition coefficient (Wildman–Crippen LogP) is 0.790. The maximum Gasteiger partial charge on any atom is 0.227 e. The molecular formula is C11H12FNO2. The number of carbonyl (C=O) groups excluding carboxylic acids is 1. The Kier molecular flexibility index (Phi) is 2.68. The molecule has 1 amide bonds. The van der Waals surface area contributed by atoms with Gasteiger partial charge in [-0.1, -0.05) is 12.1 Å². The van der Waals surface area contributed by atoms with E-state index in [9.17, 15) is 9.18 Å². The van der Waals surface area contributed by atoms with Crippen LogP contribution >= 0.6 is 0 Å². The lowest BCUT2D eigenvalue weighted by atomic mass is 9.96. The molecule has 1 heterocycles. The first-order valence-corrected chi connectivity index (χ1v) is 4.87. The zero-order chi connectivity index (χ0) is 10.8. The molecule has 0 radical (unpaired) electrons. The molecule has 0 spiro atoms. The molecule has 80 valence electrons. The second-order valence-corrected chi connectivity index (χ2v) is 3.73. The van der Waals surface area contributed by atoms with Crippen molar-refractivity contribution in [2.24, 2.45) is 0 Å². The molecule has 1 saturated heterocycles. The van der Waals surface area contributed by atoms with E-state index in [1.807, 2.05) is 0 Å². The highest BCUT2D eigenvalue weighted by Crippen LogP contribution is 2.26. The summed E-state index contributed by atoms with van der Waals surface area (Å²) in [6.07, 6.45) is 0.527. The van der Waals surface area contributed by atoms with Crippen molar-refractivity contribution < 1.29 is 14.3 Å². The van der Waals surface area contributed by atoms with Gasteiger partial charge in [-0.25, -0.2) is 4.39 Å². The fourth-order valence-electron chi connectivity index (χ4n) is 1.88. The maximum absolute atomic E-state index is 12.9. The fraction of sp³-hybridized carbons (Fsp3) is 0.364. The van der Waals surface area contributed by atoms with Crippen molar-refractivity contribution in [2.45, 2.75) is 18.4 Å². The van der Waals surface area contributed by atoms with E-state index in [0.717, 1.165) is 0 Å². The van der Waals surface area contributed by atoms with Gasteiger partial charge in [-0.05, 0) is 24.1 Å². The quantitative estimate of drug-likeness (QED) is 0.756. The Balaban J connectivity index is 2.21. The third-order valence-electron chi connectivity index (χ3n) is 2.65. The molecule has 2 atom stereocenters. The van der Waals surface area contributed by atoms with E-state index in [4.69, 9.17) is 5.11 Å². The standard InChI is InChI=1S/C11H12FNO2/c12-8-3-1-2-7(4-8)10-5-9(6-14)13-11(10)15/h1-4,9-10,14H,5-6H2,(H,13,15)/t9?,10-/m1/s1. The van der Waals surface area contributed by atoms with Crippen molar-refractivity contribution in [2.75, 3.05) is 6.61 Å². The average molecular weight is 209 g/mol. The fourth-order valence-corrected chi connectivity index (χ4v) is 1.88. The summed E-state index contributed by atoms with van der Waals surface area (Å²) in [4.78, 5) is 11.5. The number of benzene rings is 1. The van der Waals surface area contributed by atoms with Crippen LogP contribution in [0.2, 0.25) is 0 Å². The van der Waals surface area contributed by atoms with Crippen molar-refractivity contribution in [3.63, 3.8) is 0 Å². The van der Waals surface area contributed by atoms with Crippen molar-refractivity contribution in [1.82, 2.24) is 5.32 Å². The molecule has 0 aliphatic carbocycles. The SMILES string of the molecule is O=C1NC(CO)C[C@@H]1c1cccc(F)c1. The van der Waals surface area contributed by atoms with Crippen molar-refractivity contribution >= 4 is 5.91 Å². The minimum Gasteiger partial charge on any atom is -0.394 e. The predicted molar refractivity (Wildman–Crippen MR) is 52.8 cm³/mol. The lowest BCUT2D eigenvalue weighted by Crippen LogP contribution is -2.28. The van der Waals surface area contributed by atoms with Crippen molar-refractivity contribution in [3.05, 3.63) is 35.6 Å². The van der Waals surface area contributed by atoms with Gasteiger partial charge in [0.2, 0.25) is 5.91 Å². The summed E-state index contributed by atoms with van der Waals surface area (Å²) in [5, 5.41) is 11.6. The number of hydrogen-bond acceptors (Lipinski definition) is 2. The van der Waals surface area contributed by atoms with E-state index in [0.29, 0.717) is 12.0 Å². The van der Waals surface area contributed by atoms with Gasteiger partial charge in [0.25, 0.3) is 0 Å². The van der Waals surface area contributed by atoms with Crippen molar-refractivity contribution in [3.8, 4) is 0 Å². The molecule has 1 aliphatic rings. The molecule has 3 nitrogen and oxygen atoms in total. The number of amides is 1. The Morgan fingerprint density at radius 3 is 2.93 bits per heavy atom. The first-order valence-electron chi connectivity index (χ1n) is 4.87. The van der Waals surface area contributed by atoms with Crippen LogP contribution in [-0.4, -0.2) is 23.7 Å². The van der Waals surface area contributed by atoms with Gasteiger partial charge in [-0.15, -0.1) is 0 Å². The first kappa shape index (κ1) is 10.1. The van der Waals surface area contributed by atoms with Crippen LogP contribution in [0, 0.1) is 5.82 Å². The number of rotatable bonds is 2. The van der Waals surface area contributed by atoms with Crippen LogP contribution in [0.1, 0.15) is 17.9 Å². The molecule has 1 fully saturated rings. The van der Waals surface area contributed by atoms with Gasteiger partial charge in [-0.2, -0.15) is 0 Å². The van der Waals surface area contributed by atoms with E-state index < -0.39 is 0 Å². The maximum atomic E-state index is 12.9. The molecule has 4 heteroatoms. The Morgan fingerprint density at radius 2 is 2.33 bits per heavy atom. The van der Waals surface area contributed by atoms with Crippen LogP contribution < -0.4 is 5.32 Å². The van der Waals surface area contributed by atoms with Crippen LogP contribution in [0.4, 0.5) is 4.39 Å². The second kappa shape index (κ2) is 3.98. The van der Waals surface area contributed by atoms with Crippen molar-refractivity contribution in [1.29, 1.82) is 0 Å². The minimum absolute atomic E-state index is 0.0719. The highest BCUT2D eigenvalue weighted by Gasteiger charge is 2.32. The number of nitrogens with one attached hydrogen (secondary N) is 1. The van der Waals surface area contributed by atoms with Gasteiger partial charge in [-0.3, -0.25) is 4.79 Å². The lowest BCUT2D eigenvalue weighted by molar-refractivity contribution is -0.120. The summed E-state index contributed by atoms with van der Waals surface area (Å²) >= 11 is 0. The van der Waals surface area contributed by atoms with E-state index in [2.05, 4.69) is 5.32 Å². The third kappa shape index (κ3) is 1.99. The van der Waals surface area contributed by atoms with Crippen LogP contribution in [0.15, 0.2) is 24.3 Å². The number of halogens is 1. The smallest absolute Gasteiger partial charge is 0.227 e. The monoisotopic (exact) mass is 209 g/mol. The summed E-state index contributed by atoms with van der Waals surface area (Å²) in [5.41, 5.74) is 0.670. The number of aliphatic hydroxyl groups excluding tert-OH is 1. The molecule has 1 aromatic rings. The zero-order valence-corrected chi connectivity index (χ0v) is 8.11. The van der Waals surface area contributed by atoms with Gasteiger partial charge in [0, 0.05) is 0 Å². The number of hydrogen-bond donors (Lipinski definition) is 2. The summed E-state index contributed by atoms with van der Waals surface area (Å²) in [5.74, 6) is -0.815. The molecular weight excluding hydrogens is 197 g/mol. The van der Waals surface area contributed by atoms with E-state index in [1.54, 1.807) is 12.1 Å². The molecule has 2 rings (SSSR count). The number of carbonyl (C=O) groups is 1. The highest BCUT2D eigenvalue weighted by atomic mass is 19.1. The van der Waals surface area contributed by atoms with Gasteiger partial charge >= 0.3 is 0 Å². The second-order valence-electron chi connectivity index (χ2n) is 3.73. The van der Waals surface area contributed by atoms with E-state index in [-0.39, 0.29) is 30.3 Å². The van der Waals surface area contributed by atoms with Gasteiger partial charge in [0.05, 0.1) is 18.6 Å². The Morgan fingerprint density at radius 1 is 1.53 bits per heavy atom. The summed E-state index contributed by atoms with van der Waals surface area (Å²) in [6, 6.07) is 5.83. The first-order chi connectivity index (χ1) is 7.20. The van der Waals surface area contributed by atoms with Gasteiger partial charge in [0.1, 0.15) is 5.82 Å². The molecule has 2 N–H and O–H groups in total. The van der Waals surface area contributed by atoms with Gasteiger partial charge < -0.3 is 10.4 Å². The Hall–Kier alpha value is -1.42. The highest BCUT2D eigenvalue weighted by molar-refractivity contribution is 5.86. The number of aliphatic hydroxyl groups is 1. The largest absolute Gasteiger partial charge is 0.394 e. The molecule has 1 unspecified atom stereocenters. The zero-order valence-electron chi connectivity index (χ0n) is 8.11. The molecule has 0 bridgehead atoms. The topological polar surface area (TPSA) is 49.3 Å². The lowest BCUT2D eigenvalue weighted by Gasteiger charge is -2.06. The van der Waals surface area contributed by atoms with E-state index >= 15 is 0 Å². The molecule has 0 aromatic heterocycles. The van der Waals surface area contributed by atoms with Crippen LogP contribution in [0.3, 0.4) is 0 Å². The Bertz CT molecular complexity index is 381. The molecule has 15 heavy (non-hydrogen) atoms. The van der Waals surface area contributed by atoms with Crippen LogP contribution in [0.25, 0.3) is 0 Å². The summed E-state index contributed by atoms with van der Waals surface area (Å²) in [6.45, 7) is -0.0719. The Labute approximate surface area is 86.9 Å². The van der Waals surface area contributed by atoms with Crippen LogP contribution in [-0.2, 0) is 4.79 Å². The third-order valence-corrected chi connectivity index (χ3v) is 2.65. The summed E-state index contributed by atoms with van der Waals surface area (Å²) in [7, 11) is 0. The average Bonchev–Trinajstić information content (AvgIpc) is 2.60. The van der Waals surface area contributed by atoms with Crippen LogP contribution in [0.5, 0.6) is 0 Å². The van der Waals surface area contributed by atoms with Gasteiger partial charge in [0.15, 0.2) is 0 Å². The molecule has 1 aromatic carbocycles. The van der Waals surface area contributed by atoms with E-state index in [1.165, 1.54) is 12.1 Å².